The Kier molecular flexibility index (Phi) is 5.21. The quantitative estimate of drug-likeness (QED) is 0.912. The van der Waals surface area contributed by atoms with Crippen LogP contribution in [0.1, 0.15) is 15.9 Å². The lowest BCUT2D eigenvalue weighted by atomic mass is 10.1. The largest absolute Gasteiger partial charge is 0.352 e. The van der Waals surface area contributed by atoms with E-state index in [2.05, 4.69) is 5.32 Å². The van der Waals surface area contributed by atoms with Gasteiger partial charge in [0.15, 0.2) is 9.84 Å². The van der Waals surface area contributed by atoms with Gasteiger partial charge in [-0.1, -0.05) is 35.9 Å². The van der Waals surface area contributed by atoms with E-state index in [4.69, 9.17) is 11.6 Å². The maximum Gasteiger partial charge on any atom is 0.252 e. The molecule has 0 bridgehead atoms. The van der Waals surface area contributed by atoms with Crippen molar-refractivity contribution in [2.24, 2.45) is 0 Å². The SMILES string of the molecule is CS(=O)(=O)c1ccccc1C(=O)NCCc1ccc(Cl)cc1. The van der Waals surface area contributed by atoms with E-state index in [0.29, 0.717) is 18.0 Å². The minimum atomic E-state index is -3.44. The molecule has 4 nitrogen and oxygen atoms in total. The zero-order valence-electron chi connectivity index (χ0n) is 12.0. The average Bonchev–Trinajstić information content (AvgIpc) is 2.48. The van der Waals surface area contributed by atoms with Gasteiger partial charge in [0.05, 0.1) is 10.5 Å². The van der Waals surface area contributed by atoms with E-state index in [-0.39, 0.29) is 10.5 Å². The smallest absolute Gasteiger partial charge is 0.252 e. The molecule has 0 spiro atoms. The summed E-state index contributed by atoms with van der Waals surface area (Å²) in [6.07, 6.45) is 1.73. The summed E-state index contributed by atoms with van der Waals surface area (Å²) >= 11 is 5.81. The van der Waals surface area contributed by atoms with Crippen molar-refractivity contribution in [2.45, 2.75) is 11.3 Å². The molecule has 0 unspecified atom stereocenters. The molecule has 0 saturated heterocycles. The van der Waals surface area contributed by atoms with Gasteiger partial charge >= 0.3 is 0 Å². The topological polar surface area (TPSA) is 63.2 Å². The van der Waals surface area contributed by atoms with Crippen molar-refractivity contribution < 1.29 is 13.2 Å². The van der Waals surface area contributed by atoms with E-state index < -0.39 is 15.7 Å². The van der Waals surface area contributed by atoms with E-state index in [1.165, 1.54) is 12.1 Å². The lowest BCUT2D eigenvalue weighted by Crippen LogP contribution is -2.27. The molecule has 0 fully saturated rings. The second-order valence-corrected chi connectivity index (χ2v) is 7.32. The fourth-order valence-corrected chi connectivity index (χ4v) is 3.06. The summed E-state index contributed by atoms with van der Waals surface area (Å²) in [6.45, 7) is 0.415. The van der Waals surface area contributed by atoms with E-state index in [0.717, 1.165) is 11.8 Å². The Morgan fingerprint density at radius 1 is 1.09 bits per heavy atom. The molecular formula is C16H16ClNO3S. The molecule has 22 heavy (non-hydrogen) atoms. The lowest BCUT2D eigenvalue weighted by Gasteiger charge is -2.09. The molecule has 6 heteroatoms. The van der Waals surface area contributed by atoms with Gasteiger partial charge in [0.1, 0.15) is 0 Å². The van der Waals surface area contributed by atoms with Crippen LogP contribution in [0.25, 0.3) is 0 Å². The average molecular weight is 338 g/mol. The highest BCUT2D eigenvalue weighted by molar-refractivity contribution is 7.90. The molecule has 0 radical (unpaired) electrons. The Bertz CT molecular complexity index is 770. The molecule has 116 valence electrons. The van der Waals surface area contributed by atoms with Crippen LogP contribution in [0.5, 0.6) is 0 Å². The lowest BCUT2D eigenvalue weighted by molar-refractivity contribution is 0.0951. The third-order valence-corrected chi connectivity index (χ3v) is 4.55. The Morgan fingerprint density at radius 2 is 1.73 bits per heavy atom. The highest BCUT2D eigenvalue weighted by Gasteiger charge is 2.17. The van der Waals surface area contributed by atoms with E-state index >= 15 is 0 Å². The van der Waals surface area contributed by atoms with Crippen molar-refractivity contribution in [1.29, 1.82) is 0 Å². The van der Waals surface area contributed by atoms with Gasteiger partial charge in [0, 0.05) is 17.8 Å². The third-order valence-electron chi connectivity index (χ3n) is 3.14. The van der Waals surface area contributed by atoms with Crippen LogP contribution in [0.4, 0.5) is 0 Å². The van der Waals surface area contributed by atoms with Gasteiger partial charge in [-0.25, -0.2) is 8.42 Å². The number of sulfone groups is 1. The number of rotatable bonds is 5. The van der Waals surface area contributed by atoms with Crippen LogP contribution < -0.4 is 5.32 Å². The number of halogens is 1. The summed E-state index contributed by atoms with van der Waals surface area (Å²) in [7, 11) is -3.44. The summed E-state index contributed by atoms with van der Waals surface area (Å²) in [5.74, 6) is -0.394. The number of hydrogen-bond acceptors (Lipinski definition) is 3. The molecule has 2 rings (SSSR count). The Balaban J connectivity index is 2.03. The molecule has 0 aliphatic heterocycles. The first-order valence-electron chi connectivity index (χ1n) is 6.69. The molecule has 0 atom stereocenters. The normalized spacial score (nSPS) is 11.2. The third kappa shape index (κ3) is 4.32. The maximum atomic E-state index is 12.2. The van der Waals surface area contributed by atoms with Crippen molar-refractivity contribution in [1.82, 2.24) is 5.32 Å². The van der Waals surface area contributed by atoms with Crippen LogP contribution in [-0.4, -0.2) is 27.1 Å². The van der Waals surface area contributed by atoms with Crippen LogP contribution in [0, 0.1) is 0 Å². The van der Waals surface area contributed by atoms with Crippen molar-refractivity contribution in [3.8, 4) is 0 Å². The number of carbonyl (C=O) groups excluding carboxylic acids is 1. The second kappa shape index (κ2) is 6.94. The van der Waals surface area contributed by atoms with Crippen molar-refractivity contribution in [3.05, 3.63) is 64.7 Å². The predicted octanol–water partition coefficient (Wildman–Crippen LogP) is 2.72. The molecule has 0 aliphatic rings. The maximum absolute atomic E-state index is 12.2. The van der Waals surface area contributed by atoms with Crippen LogP contribution in [-0.2, 0) is 16.3 Å². The number of amides is 1. The second-order valence-electron chi connectivity index (χ2n) is 4.90. The highest BCUT2D eigenvalue weighted by Crippen LogP contribution is 2.15. The van der Waals surface area contributed by atoms with Crippen molar-refractivity contribution in [2.75, 3.05) is 12.8 Å². The number of hydrogen-bond donors (Lipinski definition) is 1. The fraction of sp³-hybridized carbons (Fsp3) is 0.188. The van der Waals surface area contributed by atoms with Gasteiger partial charge in [0.25, 0.3) is 5.91 Å². The molecule has 2 aromatic carbocycles. The first-order valence-corrected chi connectivity index (χ1v) is 8.96. The molecule has 0 aromatic heterocycles. The van der Waals surface area contributed by atoms with Crippen molar-refractivity contribution in [3.63, 3.8) is 0 Å². The van der Waals surface area contributed by atoms with Crippen LogP contribution in [0.2, 0.25) is 5.02 Å². The summed E-state index contributed by atoms with van der Waals surface area (Å²) in [6, 6.07) is 13.5. The zero-order valence-corrected chi connectivity index (χ0v) is 13.6. The first kappa shape index (κ1) is 16.5. The first-order chi connectivity index (χ1) is 10.4. The monoisotopic (exact) mass is 337 g/mol. The van der Waals surface area contributed by atoms with Gasteiger partial charge in [-0.05, 0) is 36.2 Å². The van der Waals surface area contributed by atoms with Gasteiger partial charge < -0.3 is 5.32 Å². The van der Waals surface area contributed by atoms with E-state index in [9.17, 15) is 13.2 Å². The van der Waals surface area contributed by atoms with Gasteiger partial charge in [-0.2, -0.15) is 0 Å². The summed E-state index contributed by atoms with van der Waals surface area (Å²) in [5, 5.41) is 3.40. The van der Waals surface area contributed by atoms with E-state index in [1.54, 1.807) is 24.3 Å². The number of carbonyl (C=O) groups is 1. The van der Waals surface area contributed by atoms with Gasteiger partial charge in [-0.15, -0.1) is 0 Å². The zero-order chi connectivity index (χ0) is 16.2. The van der Waals surface area contributed by atoms with Crippen LogP contribution in [0.3, 0.4) is 0 Å². The molecule has 1 N–H and O–H groups in total. The minimum Gasteiger partial charge on any atom is -0.352 e. The fourth-order valence-electron chi connectivity index (χ4n) is 2.04. The highest BCUT2D eigenvalue weighted by atomic mass is 35.5. The Morgan fingerprint density at radius 3 is 2.36 bits per heavy atom. The summed E-state index contributed by atoms with van der Waals surface area (Å²) in [5.41, 5.74) is 1.21. The van der Waals surface area contributed by atoms with E-state index in [1.807, 2.05) is 12.1 Å². The summed E-state index contributed by atoms with van der Waals surface area (Å²) in [4.78, 5) is 12.2. The van der Waals surface area contributed by atoms with Crippen LogP contribution >= 0.6 is 11.6 Å². The molecular weight excluding hydrogens is 322 g/mol. The summed E-state index contributed by atoms with van der Waals surface area (Å²) < 4.78 is 23.4. The Hall–Kier alpha value is -1.85. The number of nitrogens with one attached hydrogen (secondary N) is 1. The standard InChI is InChI=1S/C16H16ClNO3S/c1-22(20,21)15-5-3-2-4-14(15)16(19)18-11-10-12-6-8-13(17)9-7-12/h2-9H,10-11H2,1H3,(H,18,19). The molecule has 0 saturated carbocycles. The molecule has 1 amide bonds. The van der Waals surface area contributed by atoms with Gasteiger partial charge in [0.2, 0.25) is 0 Å². The van der Waals surface area contributed by atoms with Gasteiger partial charge in [-0.3, -0.25) is 4.79 Å². The minimum absolute atomic E-state index is 0.0407. The van der Waals surface area contributed by atoms with Crippen molar-refractivity contribution >= 4 is 27.3 Å². The molecule has 0 heterocycles. The predicted molar refractivity (Wildman–Crippen MR) is 87.0 cm³/mol. The molecule has 0 aliphatic carbocycles. The Labute approximate surface area is 135 Å². The molecule has 2 aromatic rings. The van der Waals surface area contributed by atoms with Crippen LogP contribution in [0.15, 0.2) is 53.4 Å². The number of benzene rings is 2.